The van der Waals surface area contributed by atoms with Gasteiger partial charge in [-0.15, -0.1) is 0 Å². The van der Waals surface area contributed by atoms with E-state index in [9.17, 15) is 0 Å². The van der Waals surface area contributed by atoms with Crippen molar-refractivity contribution < 1.29 is 4.74 Å². The maximum atomic E-state index is 5.64. The van der Waals surface area contributed by atoms with E-state index in [0.29, 0.717) is 6.04 Å². The van der Waals surface area contributed by atoms with Gasteiger partial charge in [-0.25, -0.2) is 0 Å². The molecule has 1 atom stereocenters. The van der Waals surface area contributed by atoms with Gasteiger partial charge in [0.1, 0.15) is 0 Å². The molecule has 0 saturated carbocycles. The summed E-state index contributed by atoms with van der Waals surface area (Å²) in [4.78, 5) is 4.72. The van der Waals surface area contributed by atoms with E-state index < -0.39 is 0 Å². The van der Waals surface area contributed by atoms with Crippen LogP contribution in [-0.4, -0.2) is 61.4 Å². The van der Waals surface area contributed by atoms with E-state index in [1.54, 1.807) is 0 Å². The minimum atomic E-state index is 0.411. The second-order valence-electron chi connectivity index (χ2n) is 6.76. The largest absolute Gasteiger partial charge is 0.379 e. The normalized spacial score (nSPS) is 21.1. The first-order valence-electron chi connectivity index (χ1n) is 9.14. The van der Waals surface area contributed by atoms with Crippen LogP contribution in [0.5, 0.6) is 0 Å². The van der Waals surface area contributed by atoms with Crippen LogP contribution in [0, 0.1) is 0 Å². The predicted octanol–water partition coefficient (Wildman–Crippen LogP) is 2.59. The molecule has 5 heteroatoms. The van der Waals surface area contributed by atoms with Gasteiger partial charge in [0.2, 0.25) is 0 Å². The SMILES string of the molecule is CN(C(=S)NCCCN1CCOCC1)[C@H]1CCCc2ccccc21. The van der Waals surface area contributed by atoms with Crippen molar-refractivity contribution in [3.05, 3.63) is 35.4 Å². The molecule has 4 nitrogen and oxygen atoms in total. The fourth-order valence-electron chi connectivity index (χ4n) is 3.72. The lowest BCUT2D eigenvalue weighted by Crippen LogP contribution is -2.42. The summed E-state index contributed by atoms with van der Waals surface area (Å²) in [7, 11) is 2.13. The summed E-state index contributed by atoms with van der Waals surface area (Å²) in [5, 5.41) is 4.32. The van der Waals surface area contributed by atoms with E-state index in [4.69, 9.17) is 17.0 Å². The van der Waals surface area contributed by atoms with E-state index >= 15 is 0 Å². The molecule has 0 radical (unpaired) electrons. The average Bonchev–Trinajstić information content (AvgIpc) is 2.65. The third-order valence-electron chi connectivity index (χ3n) is 5.16. The molecule has 24 heavy (non-hydrogen) atoms. The Morgan fingerprint density at radius 3 is 2.96 bits per heavy atom. The summed E-state index contributed by atoms with van der Waals surface area (Å²) >= 11 is 5.64. The number of rotatable bonds is 5. The van der Waals surface area contributed by atoms with Crippen LogP contribution < -0.4 is 5.32 Å². The summed E-state index contributed by atoms with van der Waals surface area (Å²) < 4.78 is 5.39. The number of hydrogen-bond donors (Lipinski definition) is 1. The van der Waals surface area contributed by atoms with Gasteiger partial charge in [-0.2, -0.15) is 0 Å². The third kappa shape index (κ3) is 4.47. The van der Waals surface area contributed by atoms with E-state index in [-0.39, 0.29) is 0 Å². The first kappa shape index (κ1) is 17.6. The highest BCUT2D eigenvalue weighted by Crippen LogP contribution is 2.33. The third-order valence-corrected chi connectivity index (χ3v) is 5.59. The van der Waals surface area contributed by atoms with Crippen molar-refractivity contribution in [2.24, 2.45) is 0 Å². The lowest BCUT2D eigenvalue weighted by molar-refractivity contribution is 0.0375. The minimum Gasteiger partial charge on any atom is -0.379 e. The standard InChI is InChI=1S/C19H29N3OS/c1-21(18-9-4-7-16-6-2-3-8-17(16)18)19(24)20-10-5-11-22-12-14-23-15-13-22/h2-3,6,8,18H,4-5,7,9-15H2,1H3,(H,20,24)/t18-/m0/s1. The summed E-state index contributed by atoms with van der Waals surface area (Å²) in [5.74, 6) is 0. The van der Waals surface area contributed by atoms with E-state index in [0.717, 1.165) is 50.9 Å². The molecule has 1 aliphatic heterocycles. The molecule has 0 bridgehead atoms. The number of thiocarbonyl (C=S) groups is 1. The number of benzene rings is 1. The number of fused-ring (bicyclic) bond motifs is 1. The van der Waals surface area contributed by atoms with Crippen LogP contribution in [-0.2, 0) is 11.2 Å². The van der Waals surface area contributed by atoms with Crippen LogP contribution in [0.2, 0.25) is 0 Å². The molecule has 132 valence electrons. The highest BCUT2D eigenvalue weighted by atomic mass is 32.1. The highest BCUT2D eigenvalue weighted by molar-refractivity contribution is 7.80. The second kappa shape index (κ2) is 8.79. The second-order valence-corrected chi connectivity index (χ2v) is 7.14. The summed E-state index contributed by atoms with van der Waals surface area (Å²) in [6, 6.07) is 9.21. The zero-order chi connectivity index (χ0) is 16.8. The van der Waals surface area contributed by atoms with Crippen molar-refractivity contribution in [1.29, 1.82) is 0 Å². The maximum Gasteiger partial charge on any atom is 0.169 e. The van der Waals surface area contributed by atoms with Gasteiger partial charge < -0.3 is 15.0 Å². The van der Waals surface area contributed by atoms with Crippen molar-refractivity contribution in [3.8, 4) is 0 Å². The van der Waals surface area contributed by atoms with Gasteiger partial charge in [0.05, 0.1) is 19.3 Å². The van der Waals surface area contributed by atoms with E-state index in [1.165, 1.54) is 30.4 Å². The number of hydrogen-bond acceptors (Lipinski definition) is 3. The van der Waals surface area contributed by atoms with Crippen LogP contribution in [0.15, 0.2) is 24.3 Å². The van der Waals surface area contributed by atoms with E-state index in [1.807, 2.05) is 0 Å². The molecule has 0 spiro atoms. The molecule has 0 unspecified atom stereocenters. The fraction of sp³-hybridized carbons (Fsp3) is 0.632. The Morgan fingerprint density at radius 2 is 2.12 bits per heavy atom. The first-order valence-corrected chi connectivity index (χ1v) is 9.55. The molecule has 1 heterocycles. The fourth-order valence-corrected chi connectivity index (χ4v) is 3.95. The summed E-state index contributed by atoms with van der Waals surface area (Å²) in [6.07, 6.45) is 4.74. The topological polar surface area (TPSA) is 27.7 Å². The van der Waals surface area contributed by atoms with Crippen LogP contribution in [0.25, 0.3) is 0 Å². The van der Waals surface area contributed by atoms with Gasteiger partial charge in [-0.05, 0) is 55.6 Å². The van der Waals surface area contributed by atoms with Crippen LogP contribution >= 0.6 is 12.2 Å². The van der Waals surface area contributed by atoms with Crippen molar-refractivity contribution in [2.75, 3.05) is 46.4 Å². The number of nitrogens with one attached hydrogen (secondary N) is 1. The van der Waals surface area contributed by atoms with Gasteiger partial charge in [-0.3, -0.25) is 4.90 Å². The monoisotopic (exact) mass is 347 g/mol. The average molecular weight is 348 g/mol. The zero-order valence-electron chi connectivity index (χ0n) is 14.7. The molecular formula is C19H29N3OS. The molecule has 1 aromatic rings. The summed E-state index contributed by atoms with van der Waals surface area (Å²) in [5.41, 5.74) is 2.93. The van der Waals surface area contributed by atoms with Crippen molar-refractivity contribution in [1.82, 2.24) is 15.1 Å². The Balaban J connectivity index is 1.45. The zero-order valence-corrected chi connectivity index (χ0v) is 15.5. The van der Waals surface area contributed by atoms with Gasteiger partial charge in [0, 0.05) is 26.7 Å². The Kier molecular flexibility index (Phi) is 6.46. The lowest BCUT2D eigenvalue weighted by Gasteiger charge is -2.35. The number of nitrogens with zero attached hydrogens (tertiary/aromatic N) is 2. The van der Waals surface area contributed by atoms with Gasteiger partial charge in [0.15, 0.2) is 5.11 Å². The smallest absolute Gasteiger partial charge is 0.169 e. The van der Waals surface area contributed by atoms with Crippen molar-refractivity contribution in [2.45, 2.75) is 31.7 Å². The van der Waals surface area contributed by atoms with Crippen molar-refractivity contribution >= 4 is 17.3 Å². The Morgan fingerprint density at radius 1 is 1.33 bits per heavy atom. The molecule has 3 rings (SSSR count). The lowest BCUT2D eigenvalue weighted by atomic mass is 9.87. The Hall–Kier alpha value is -1.17. The molecule has 1 saturated heterocycles. The number of aryl methyl sites for hydroxylation is 1. The number of morpholine rings is 1. The van der Waals surface area contributed by atoms with Crippen LogP contribution in [0.4, 0.5) is 0 Å². The highest BCUT2D eigenvalue weighted by Gasteiger charge is 2.24. The Labute approximate surface area is 151 Å². The molecular weight excluding hydrogens is 318 g/mol. The van der Waals surface area contributed by atoms with Gasteiger partial charge in [0.25, 0.3) is 0 Å². The van der Waals surface area contributed by atoms with Crippen LogP contribution in [0.1, 0.15) is 36.4 Å². The van der Waals surface area contributed by atoms with E-state index in [2.05, 4.69) is 46.4 Å². The predicted molar refractivity (Wildman–Crippen MR) is 102 cm³/mol. The molecule has 0 aromatic heterocycles. The molecule has 1 N–H and O–H groups in total. The summed E-state index contributed by atoms with van der Waals surface area (Å²) in [6.45, 7) is 5.92. The Bertz CT molecular complexity index is 545. The quantitative estimate of drug-likeness (QED) is 0.653. The first-order chi connectivity index (χ1) is 11.8. The van der Waals surface area contributed by atoms with Crippen molar-refractivity contribution in [3.63, 3.8) is 0 Å². The molecule has 1 fully saturated rings. The molecule has 1 aromatic carbocycles. The maximum absolute atomic E-state index is 5.64. The molecule has 0 amide bonds. The van der Waals surface area contributed by atoms with Crippen LogP contribution in [0.3, 0.4) is 0 Å². The molecule has 1 aliphatic carbocycles. The number of ether oxygens (including phenoxy) is 1. The van der Waals surface area contributed by atoms with Gasteiger partial charge in [-0.1, -0.05) is 24.3 Å². The van der Waals surface area contributed by atoms with Gasteiger partial charge >= 0.3 is 0 Å². The molecule has 2 aliphatic rings. The minimum absolute atomic E-state index is 0.411.